The molecule has 7 heteroatoms. The molecule has 4 rings (SSSR count). The molecule has 152 valence electrons. The van der Waals surface area contributed by atoms with Crippen LogP contribution in [-0.2, 0) is 9.84 Å². The Morgan fingerprint density at radius 1 is 1.00 bits per heavy atom. The second-order valence-corrected chi connectivity index (χ2v) is 9.15. The molecule has 0 saturated carbocycles. The van der Waals surface area contributed by atoms with E-state index in [0.29, 0.717) is 5.69 Å². The average molecular weight is 421 g/mol. The number of rotatable bonds is 5. The van der Waals surface area contributed by atoms with Crippen molar-refractivity contribution in [3.63, 3.8) is 0 Å². The van der Waals surface area contributed by atoms with E-state index in [1.807, 2.05) is 19.1 Å². The lowest BCUT2D eigenvalue weighted by molar-refractivity contribution is 0.602. The number of benzene rings is 3. The van der Waals surface area contributed by atoms with Crippen LogP contribution in [0.4, 0.5) is 10.1 Å². The first-order valence-corrected chi connectivity index (χ1v) is 11.2. The van der Waals surface area contributed by atoms with Crippen LogP contribution < -0.4 is 5.43 Å². The van der Waals surface area contributed by atoms with Crippen molar-refractivity contribution < 1.29 is 12.8 Å². The fourth-order valence-corrected chi connectivity index (χ4v) is 3.88. The molecule has 2 N–H and O–H groups in total. The zero-order valence-corrected chi connectivity index (χ0v) is 17.3. The quantitative estimate of drug-likeness (QED) is 0.346. The summed E-state index contributed by atoms with van der Waals surface area (Å²) in [6.07, 6.45) is 2.90. The summed E-state index contributed by atoms with van der Waals surface area (Å²) in [6.45, 7) is 2.02. The van der Waals surface area contributed by atoms with Gasteiger partial charge in [0.05, 0.1) is 22.5 Å². The van der Waals surface area contributed by atoms with Gasteiger partial charge in [-0.15, -0.1) is 0 Å². The first-order valence-electron chi connectivity index (χ1n) is 9.29. The van der Waals surface area contributed by atoms with Crippen LogP contribution in [0.15, 0.2) is 76.7 Å². The van der Waals surface area contributed by atoms with Crippen molar-refractivity contribution in [3.8, 4) is 11.3 Å². The maximum absolute atomic E-state index is 13.1. The summed E-state index contributed by atoms with van der Waals surface area (Å²) in [6, 6.07) is 18.8. The molecule has 0 aliphatic heterocycles. The largest absolute Gasteiger partial charge is 0.354 e. The van der Waals surface area contributed by atoms with Crippen molar-refractivity contribution in [2.24, 2.45) is 5.10 Å². The van der Waals surface area contributed by atoms with E-state index in [0.717, 1.165) is 33.3 Å². The third-order valence-electron chi connectivity index (χ3n) is 4.80. The molecular weight excluding hydrogens is 401 g/mol. The second-order valence-electron chi connectivity index (χ2n) is 7.14. The van der Waals surface area contributed by atoms with Crippen LogP contribution in [0.1, 0.15) is 11.1 Å². The molecule has 0 aliphatic carbocycles. The van der Waals surface area contributed by atoms with Gasteiger partial charge in [0.1, 0.15) is 5.82 Å². The summed E-state index contributed by atoms with van der Waals surface area (Å²) >= 11 is 0. The molecule has 0 unspecified atom stereocenters. The third kappa shape index (κ3) is 4.11. The van der Waals surface area contributed by atoms with Crippen LogP contribution in [0.2, 0.25) is 0 Å². The SMILES string of the molecule is Cc1ccc2[nH]c(-c3ccc(S(C)(=O)=O)cc3)c(C=NNc3ccc(F)cc3)c2c1. The minimum Gasteiger partial charge on any atom is -0.354 e. The summed E-state index contributed by atoms with van der Waals surface area (Å²) < 4.78 is 36.6. The lowest BCUT2D eigenvalue weighted by Gasteiger charge is -2.04. The van der Waals surface area contributed by atoms with E-state index in [4.69, 9.17) is 0 Å². The van der Waals surface area contributed by atoms with Crippen LogP contribution in [-0.4, -0.2) is 25.9 Å². The Morgan fingerprint density at radius 2 is 1.70 bits per heavy atom. The minimum absolute atomic E-state index is 0.270. The van der Waals surface area contributed by atoms with Gasteiger partial charge in [-0.2, -0.15) is 5.10 Å². The van der Waals surface area contributed by atoms with Gasteiger partial charge in [-0.3, -0.25) is 5.43 Å². The third-order valence-corrected chi connectivity index (χ3v) is 5.93. The second kappa shape index (κ2) is 7.76. The highest BCUT2D eigenvalue weighted by atomic mass is 32.2. The zero-order valence-electron chi connectivity index (χ0n) is 16.5. The number of aryl methyl sites for hydroxylation is 1. The van der Waals surface area contributed by atoms with Crippen LogP contribution in [0.3, 0.4) is 0 Å². The molecule has 0 amide bonds. The maximum atomic E-state index is 13.1. The first kappa shape index (κ1) is 19.8. The van der Waals surface area contributed by atoms with Gasteiger partial charge in [-0.25, -0.2) is 12.8 Å². The van der Waals surface area contributed by atoms with E-state index in [2.05, 4.69) is 21.6 Å². The smallest absolute Gasteiger partial charge is 0.175 e. The Kier molecular flexibility index (Phi) is 5.13. The van der Waals surface area contributed by atoms with Crippen molar-refractivity contribution in [2.45, 2.75) is 11.8 Å². The number of nitrogens with one attached hydrogen (secondary N) is 2. The summed E-state index contributed by atoms with van der Waals surface area (Å²) in [5, 5.41) is 5.32. The number of hydrazone groups is 1. The number of nitrogens with zero attached hydrogens (tertiary/aromatic N) is 1. The average Bonchev–Trinajstić information content (AvgIpc) is 3.07. The van der Waals surface area contributed by atoms with Crippen LogP contribution >= 0.6 is 0 Å². The van der Waals surface area contributed by atoms with Crippen molar-refractivity contribution in [3.05, 3.63) is 83.7 Å². The number of fused-ring (bicyclic) bond motifs is 1. The molecule has 0 atom stereocenters. The molecule has 3 aromatic carbocycles. The van der Waals surface area contributed by atoms with E-state index in [1.54, 1.807) is 42.6 Å². The molecule has 1 aromatic heterocycles. The Morgan fingerprint density at radius 3 is 2.37 bits per heavy atom. The van der Waals surface area contributed by atoms with Gasteiger partial charge in [0.25, 0.3) is 0 Å². The number of sulfone groups is 1. The number of hydrogen-bond acceptors (Lipinski definition) is 4. The van der Waals surface area contributed by atoms with Gasteiger partial charge in [-0.05, 0) is 61.0 Å². The number of anilines is 1. The topological polar surface area (TPSA) is 74.3 Å². The van der Waals surface area contributed by atoms with E-state index in [1.165, 1.54) is 18.4 Å². The van der Waals surface area contributed by atoms with Crippen LogP contribution in [0, 0.1) is 12.7 Å². The predicted molar refractivity (Wildman–Crippen MR) is 119 cm³/mol. The number of halogens is 1. The van der Waals surface area contributed by atoms with Crippen LogP contribution in [0.25, 0.3) is 22.2 Å². The molecule has 0 aliphatic rings. The Balaban J connectivity index is 1.76. The highest BCUT2D eigenvalue weighted by Crippen LogP contribution is 2.30. The first-order chi connectivity index (χ1) is 14.3. The number of hydrogen-bond donors (Lipinski definition) is 2. The Labute approximate surface area is 174 Å². The van der Waals surface area contributed by atoms with E-state index in [9.17, 15) is 12.8 Å². The highest BCUT2D eigenvalue weighted by Gasteiger charge is 2.13. The lowest BCUT2D eigenvalue weighted by Crippen LogP contribution is -1.96. The normalized spacial score (nSPS) is 12.0. The van der Waals surface area contributed by atoms with E-state index in [-0.39, 0.29) is 10.7 Å². The predicted octanol–water partition coefficient (Wildman–Crippen LogP) is 5.13. The van der Waals surface area contributed by atoms with E-state index >= 15 is 0 Å². The van der Waals surface area contributed by atoms with Crippen LogP contribution in [0.5, 0.6) is 0 Å². The lowest BCUT2D eigenvalue weighted by atomic mass is 10.0. The standard InChI is InChI=1S/C23H20FN3O2S/c1-15-3-12-22-20(13-15)21(14-25-27-18-8-6-17(24)7-9-18)23(26-22)16-4-10-19(11-5-16)30(2,28)29/h3-14,26-27H,1-2H3. The van der Waals surface area contributed by atoms with Crippen molar-refractivity contribution >= 4 is 32.6 Å². The maximum Gasteiger partial charge on any atom is 0.175 e. The summed E-state index contributed by atoms with van der Waals surface area (Å²) in [5.41, 5.74) is 8.19. The van der Waals surface area contributed by atoms with Crippen molar-refractivity contribution in [2.75, 3.05) is 11.7 Å². The Bertz CT molecular complexity index is 1340. The summed E-state index contributed by atoms with van der Waals surface area (Å²) in [4.78, 5) is 3.67. The zero-order chi connectivity index (χ0) is 21.3. The van der Waals surface area contributed by atoms with Crippen molar-refractivity contribution in [1.82, 2.24) is 4.98 Å². The summed E-state index contributed by atoms with van der Waals surface area (Å²) in [7, 11) is -3.26. The fraction of sp³-hybridized carbons (Fsp3) is 0.0870. The molecule has 5 nitrogen and oxygen atoms in total. The fourth-order valence-electron chi connectivity index (χ4n) is 3.25. The molecule has 0 spiro atoms. The number of H-pyrrole nitrogens is 1. The number of aromatic amines is 1. The summed E-state index contributed by atoms with van der Waals surface area (Å²) in [5.74, 6) is -0.309. The molecule has 4 aromatic rings. The monoisotopic (exact) mass is 421 g/mol. The van der Waals surface area contributed by atoms with Gasteiger partial charge in [-0.1, -0.05) is 23.8 Å². The van der Waals surface area contributed by atoms with Gasteiger partial charge in [0.15, 0.2) is 9.84 Å². The molecular formula is C23H20FN3O2S. The minimum atomic E-state index is -3.26. The van der Waals surface area contributed by atoms with Gasteiger partial charge >= 0.3 is 0 Å². The van der Waals surface area contributed by atoms with Crippen molar-refractivity contribution in [1.29, 1.82) is 0 Å². The van der Waals surface area contributed by atoms with Gasteiger partial charge < -0.3 is 4.98 Å². The molecule has 1 heterocycles. The molecule has 0 bridgehead atoms. The number of aromatic nitrogens is 1. The van der Waals surface area contributed by atoms with E-state index < -0.39 is 9.84 Å². The van der Waals surface area contributed by atoms with Gasteiger partial charge in [0.2, 0.25) is 0 Å². The molecule has 30 heavy (non-hydrogen) atoms. The highest BCUT2D eigenvalue weighted by molar-refractivity contribution is 7.90. The molecule has 0 saturated heterocycles. The molecule has 0 radical (unpaired) electrons. The van der Waals surface area contributed by atoms with Gasteiger partial charge in [0, 0.05) is 22.7 Å². The Hall–Kier alpha value is -3.45. The molecule has 0 fully saturated rings.